The Kier molecular flexibility index (Phi) is 2.93. The zero-order chi connectivity index (χ0) is 13.2. The van der Waals surface area contributed by atoms with E-state index in [-0.39, 0.29) is 6.61 Å². The first-order chi connectivity index (χ1) is 9.30. The number of benzene rings is 1. The molecule has 2 aromatic heterocycles. The number of ether oxygens (including phenoxy) is 1. The van der Waals surface area contributed by atoms with Gasteiger partial charge in [0.05, 0.1) is 19.4 Å². The van der Waals surface area contributed by atoms with E-state index >= 15 is 0 Å². The van der Waals surface area contributed by atoms with E-state index in [1.807, 2.05) is 53.2 Å². The molecule has 3 rings (SSSR count). The lowest BCUT2D eigenvalue weighted by atomic mass is 10.2. The van der Waals surface area contributed by atoms with Crippen LogP contribution in [0.5, 0.6) is 5.75 Å². The van der Waals surface area contributed by atoms with Crippen LogP contribution in [0.2, 0.25) is 0 Å². The summed E-state index contributed by atoms with van der Waals surface area (Å²) in [7, 11) is 1.65. The van der Waals surface area contributed by atoms with Crippen LogP contribution in [0.1, 0.15) is 5.56 Å². The highest BCUT2D eigenvalue weighted by Crippen LogP contribution is 2.22. The summed E-state index contributed by atoms with van der Waals surface area (Å²) in [5.74, 6) is 0.829. The predicted molar refractivity (Wildman–Crippen MR) is 73.1 cm³/mol. The van der Waals surface area contributed by atoms with E-state index in [9.17, 15) is 0 Å². The van der Waals surface area contributed by atoms with Crippen LogP contribution in [0.15, 0.2) is 48.8 Å². The molecular formula is C15H14N2O2. The standard InChI is InChI=1S/C15H14N2O2/c1-19-13-5-3-12(4-6-13)14-9-17-8-11(10-18)2-7-15(17)16-14/h2-9,18H,10H2,1H3. The molecule has 1 aromatic carbocycles. The quantitative estimate of drug-likeness (QED) is 0.781. The number of pyridine rings is 1. The number of aromatic nitrogens is 2. The van der Waals surface area contributed by atoms with Crippen molar-refractivity contribution in [1.82, 2.24) is 9.38 Å². The van der Waals surface area contributed by atoms with Gasteiger partial charge in [-0.2, -0.15) is 0 Å². The summed E-state index contributed by atoms with van der Waals surface area (Å²) < 4.78 is 7.06. The lowest BCUT2D eigenvalue weighted by Crippen LogP contribution is -1.88. The molecule has 0 amide bonds. The normalized spacial score (nSPS) is 10.8. The molecule has 0 spiro atoms. The minimum atomic E-state index is 0.0337. The van der Waals surface area contributed by atoms with Crippen molar-refractivity contribution in [2.45, 2.75) is 6.61 Å². The molecule has 4 nitrogen and oxygen atoms in total. The molecule has 0 saturated heterocycles. The van der Waals surface area contributed by atoms with Gasteiger partial charge in [-0.1, -0.05) is 6.07 Å². The van der Waals surface area contributed by atoms with Gasteiger partial charge >= 0.3 is 0 Å². The molecule has 4 heteroatoms. The average Bonchev–Trinajstić information content (AvgIpc) is 2.90. The predicted octanol–water partition coefficient (Wildman–Crippen LogP) is 2.50. The number of methoxy groups -OCH3 is 1. The molecule has 0 bridgehead atoms. The SMILES string of the molecule is COc1ccc(-c2cn3cc(CO)ccc3n2)cc1. The maximum atomic E-state index is 9.13. The van der Waals surface area contributed by atoms with Crippen molar-refractivity contribution in [3.63, 3.8) is 0 Å². The van der Waals surface area contributed by atoms with Gasteiger partial charge in [0, 0.05) is 18.0 Å². The number of hydrogen-bond donors (Lipinski definition) is 1. The Labute approximate surface area is 110 Å². The highest BCUT2D eigenvalue weighted by molar-refractivity contribution is 5.63. The molecule has 19 heavy (non-hydrogen) atoms. The molecule has 0 atom stereocenters. The fourth-order valence-corrected chi connectivity index (χ4v) is 2.03. The van der Waals surface area contributed by atoms with Crippen LogP contribution in [-0.2, 0) is 6.61 Å². The summed E-state index contributed by atoms with van der Waals surface area (Å²) in [6, 6.07) is 11.6. The summed E-state index contributed by atoms with van der Waals surface area (Å²) in [4.78, 5) is 4.55. The summed E-state index contributed by atoms with van der Waals surface area (Å²) in [5, 5.41) is 9.13. The van der Waals surface area contributed by atoms with Gasteiger partial charge in [-0.3, -0.25) is 0 Å². The number of rotatable bonds is 3. The smallest absolute Gasteiger partial charge is 0.137 e. The molecule has 0 aliphatic rings. The molecule has 2 heterocycles. The summed E-state index contributed by atoms with van der Waals surface area (Å²) in [6.45, 7) is 0.0337. The van der Waals surface area contributed by atoms with Crippen LogP contribution in [0.3, 0.4) is 0 Å². The van der Waals surface area contributed by atoms with Crippen molar-refractivity contribution in [2.24, 2.45) is 0 Å². The number of aliphatic hydroxyl groups excluding tert-OH is 1. The topological polar surface area (TPSA) is 46.8 Å². The Hall–Kier alpha value is -2.33. The van der Waals surface area contributed by atoms with E-state index < -0.39 is 0 Å². The van der Waals surface area contributed by atoms with E-state index in [0.717, 1.165) is 28.2 Å². The lowest BCUT2D eigenvalue weighted by molar-refractivity contribution is 0.281. The van der Waals surface area contributed by atoms with E-state index in [0.29, 0.717) is 0 Å². The van der Waals surface area contributed by atoms with Gasteiger partial charge in [0.1, 0.15) is 11.4 Å². The largest absolute Gasteiger partial charge is 0.497 e. The summed E-state index contributed by atoms with van der Waals surface area (Å²) >= 11 is 0. The lowest BCUT2D eigenvalue weighted by Gasteiger charge is -2.00. The number of fused-ring (bicyclic) bond motifs is 1. The van der Waals surface area contributed by atoms with Crippen molar-refractivity contribution in [1.29, 1.82) is 0 Å². The van der Waals surface area contributed by atoms with Crippen LogP contribution in [0.4, 0.5) is 0 Å². The number of imidazole rings is 1. The molecule has 0 aliphatic carbocycles. The monoisotopic (exact) mass is 254 g/mol. The van der Waals surface area contributed by atoms with Gasteiger partial charge < -0.3 is 14.2 Å². The molecule has 0 unspecified atom stereocenters. The third kappa shape index (κ3) is 2.18. The average molecular weight is 254 g/mol. The van der Waals surface area contributed by atoms with E-state index in [4.69, 9.17) is 9.84 Å². The zero-order valence-electron chi connectivity index (χ0n) is 10.6. The van der Waals surface area contributed by atoms with Gasteiger partial charge in [0.15, 0.2) is 0 Å². The van der Waals surface area contributed by atoms with Crippen LogP contribution >= 0.6 is 0 Å². The van der Waals surface area contributed by atoms with Crippen molar-refractivity contribution in [3.8, 4) is 17.0 Å². The molecule has 0 fully saturated rings. The van der Waals surface area contributed by atoms with E-state index in [1.54, 1.807) is 7.11 Å². The van der Waals surface area contributed by atoms with Gasteiger partial charge in [-0.15, -0.1) is 0 Å². The Morgan fingerprint density at radius 2 is 1.89 bits per heavy atom. The Balaban J connectivity index is 2.04. The van der Waals surface area contributed by atoms with Crippen LogP contribution in [0.25, 0.3) is 16.9 Å². The first-order valence-electron chi connectivity index (χ1n) is 6.03. The first-order valence-corrected chi connectivity index (χ1v) is 6.03. The number of aliphatic hydroxyl groups is 1. The summed E-state index contributed by atoms with van der Waals surface area (Å²) in [5.41, 5.74) is 3.67. The van der Waals surface area contributed by atoms with Crippen molar-refractivity contribution < 1.29 is 9.84 Å². The summed E-state index contributed by atoms with van der Waals surface area (Å²) in [6.07, 6.45) is 3.84. The highest BCUT2D eigenvalue weighted by Gasteiger charge is 2.05. The Bertz CT molecular complexity index is 702. The molecule has 0 saturated carbocycles. The highest BCUT2D eigenvalue weighted by atomic mass is 16.5. The maximum Gasteiger partial charge on any atom is 0.137 e. The molecule has 1 N–H and O–H groups in total. The third-order valence-electron chi connectivity index (χ3n) is 3.08. The van der Waals surface area contributed by atoms with Crippen LogP contribution < -0.4 is 4.74 Å². The molecule has 96 valence electrons. The van der Waals surface area contributed by atoms with Gasteiger partial charge in [-0.25, -0.2) is 4.98 Å². The van der Waals surface area contributed by atoms with E-state index in [1.165, 1.54) is 0 Å². The first kappa shape index (κ1) is 11.7. The van der Waals surface area contributed by atoms with Crippen LogP contribution in [-0.4, -0.2) is 21.6 Å². The molecular weight excluding hydrogens is 240 g/mol. The second kappa shape index (κ2) is 4.74. The van der Waals surface area contributed by atoms with E-state index in [2.05, 4.69) is 4.98 Å². The van der Waals surface area contributed by atoms with Crippen molar-refractivity contribution >= 4 is 5.65 Å². The number of hydrogen-bond acceptors (Lipinski definition) is 3. The minimum absolute atomic E-state index is 0.0337. The second-order valence-corrected chi connectivity index (χ2v) is 4.32. The Morgan fingerprint density at radius 3 is 2.58 bits per heavy atom. The van der Waals surface area contributed by atoms with Gasteiger partial charge in [-0.05, 0) is 35.9 Å². The third-order valence-corrected chi connectivity index (χ3v) is 3.08. The molecule has 3 aromatic rings. The second-order valence-electron chi connectivity index (χ2n) is 4.32. The van der Waals surface area contributed by atoms with Crippen molar-refractivity contribution in [2.75, 3.05) is 7.11 Å². The molecule has 0 aliphatic heterocycles. The Morgan fingerprint density at radius 1 is 1.11 bits per heavy atom. The van der Waals surface area contributed by atoms with Gasteiger partial charge in [0.2, 0.25) is 0 Å². The fourth-order valence-electron chi connectivity index (χ4n) is 2.03. The van der Waals surface area contributed by atoms with Crippen molar-refractivity contribution in [3.05, 3.63) is 54.4 Å². The van der Waals surface area contributed by atoms with Crippen LogP contribution in [0, 0.1) is 0 Å². The van der Waals surface area contributed by atoms with Gasteiger partial charge in [0.25, 0.3) is 0 Å². The fraction of sp³-hybridized carbons (Fsp3) is 0.133. The molecule has 0 radical (unpaired) electrons. The maximum absolute atomic E-state index is 9.13. The zero-order valence-corrected chi connectivity index (χ0v) is 10.6. The minimum Gasteiger partial charge on any atom is -0.497 e. The number of nitrogens with zero attached hydrogens (tertiary/aromatic N) is 2.